The lowest BCUT2D eigenvalue weighted by molar-refractivity contribution is -0.139. The highest BCUT2D eigenvalue weighted by Crippen LogP contribution is 2.21. The van der Waals surface area contributed by atoms with Crippen LogP contribution in [0.2, 0.25) is 0 Å². The van der Waals surface area contributed by atoms with Crippen molar-refractivity contribution >= 4 is 43.5 Å². The second kappa shape index (κ2) is 12.1. The molecule has 0 radical (unpaired) electrons. The van der Waals surface area contributed by atoms with E-state index in [4.69, 9.17) is 0 Å². The number of anilines is 1. The molecule has 7 nitrogen and oxygen atoms in total. The van der Waals surface area contributed by atoms with Gasteiger partial charge in [-0.3, -0.25) is 13.9 Å². The van der Waals surface area contributed by atoms with Gasteiger partial charge >= 0.3 is 0 Å². The third-order valence-corrected chi connectivity index (χ3v) is 7.23. The number of nitrogens with zero attached hydrogens (tertiary/aromatic N) is 2. The van der Waals surface area contributed by atoms with E-state index in [0.717, 1.165) is 32.2 Å². The minimum Gasteiger partial charge on any atom is -0.357 e. The van der Waals surface area contributed by atoms with Gasteiger partial charge in [-0.2, -0.15) is 0 Å². The van der Waals surface area contributed by atoms with E-state index in [1.807, 2.05) is 54.6 Å². The summed E-state index contributed by atoms with van der Waals surface area (Å²) in [6, 6.07) is 20.6. The Balaban J connectivity index is 2.01. The maximum atomic E-state index is 13.9. The van der Waals surface area contributed by atoms with Crippen molar-refractivity contribution in [3.63, 3.8) is 0 Å². The molecule has 0 spiro atoms. The van der Waals surface area contributed by atoms with Gasteiger partial charge in [-0.15, -0.1) is 0 Å². The molecule has 10 heteroatoms. The summed E-state index contributed by atoms with van der Waals surface area (Å²) >= 11 is 3.39. The first-order valence-electron chi connectivity index (χ1n) is 11.1. The lowest BCUT2D eigenvalue weighted by Gasteiger charge is -2.33. The van der Waals surface area contributed by atoms with Gasteiger partial charge in [0.1, 0.15) is 18.4 Å². The average Bonchev–Trinajstić information content (AvgIpc) is 2.85. The van der Waals surface area contributed by atoms with Crippen LogP contribution in [-0.4, -0.2) is 51.0 Å². The quantitative estimate of drug-likeness (QED) is 0.399. The molecule has 0 unspecified atom stereocenters. The van der Waals surface area contributed by atoms with Crippen LogP contribution in [0.5, 0.6) is 0 Å². The van der Waals surface area contributed by atoms with Gasteiger partial charge in [0.05, 0.1) is 11.9 Å². The molecule has 1 atom stereocenters. The molecule has 3 aromatic carbocycles. The molecular weight excluding hydrogens is 549 g/mol. The third kappa shape index (κ3) is 7.38. The Morgan fingerprint density at radius 3 is 2.22 bits per heavy atom. The van der Waals surface area contributed by atoms with E-state index < -0.39 is 34.3 Å². The normalized spacial score (nSPS) is 12.0. The van der Waals surface area contributed by atoms with Gasteiger partial charge in [0.15, 0.2) is 0 Å². The van der Waals surface area contributed by atoms with Gasteiger partial charge in [0, 0.05) is 24.5 Å². The molecule has 0 aromatic heterocycles. The van der Waals surface area contributed by atoms with Gasteiger partial charge in [-0.05, 0) is 41.5 Å². The summed E-state index contributed by atoms with van der Waals surface area (Å²) in [7, 11) is -2.46. The predicted octanol–water partition coefficient (Wildman–Crippen LogP) is 3.74. The van der Waals surface area contributed by atoms with Crippen LogP contribution in [0, 0.1) is 5.82 Å². The lowest BCUT2D eigenvalue weighted by Crippen LogP contribution is -2.52. The van der Waals surface area contributed by atoms with Crippen molar-refractivity contribution in [1.29, 1.82) is 0 Å². The van der Waals surface area contributed by atoms with Gasteiger partial charge < -0.3 is 10.2 Å². The highest BCUT2D eigenvalue weighted by atomic mass is 79.9. The SMILES string of the molecule is CNC(=O)[C@H](Cc1ccccc1)N(Cc1ccc(Br)cc1)C(=O)CN(c1cccc(F)c1)S(C)(=O)=O. The van der Waals surface area contributed by atoms with Crippen LogP contribution in [0.4, 0.5) is 10.1 Å². The van der Waals surface area contributed by atoms with Crippen LogP contribution in [0.3, 0.4) is 0 Å². The van der Waals surface area contributed by atoms with Crippen LogP contribution in [-0.2, 0) is 32.6 Å². The van der Waals surface area contributed by atoms with E-state index in [2.05, 4.69) is 21.2 Å². The van der Waals surface area contributed by atoms with Crippen LogP contribution < -0.4 is 9.62 Å². The van der Waals surface area contributed by atoms with E-state index >= 15 is 0 Å². The number of carbonyl (C=O) groups is 2. The van der Waals surface area contributed by atoms with Crippen molar-refractivity contribution in [2.45, 2.75) is 19.0 Å². The van der Waals surface area contributed by atoms with Gasteiger partial charge in [-0.1, -0.05) is 64.5 Å². The summed E-state index contributed by atoms with van der Waals surface area (Å²) in [5.41, 5.74) is 1.61. The van der Waals surface area contributed by atoms with E-state index in [9.17, 15) is 22.4 Å². The fourth-order valence-electron chi connectivity index (χ4n) is 3.75. The van der Waals surface area contributed by atoms with Crippen molar-refractivity contribution in [2.75, 3.05) is 24.2 Å². The van der Waals surface area contributed by atoms with Crippen LogP contribution in [0.1, 0.15) is 11.1 Å². The number of hydrogen-bond donors (Lipinski definition) is 1. The van der Waals surface area contributed by atoms with Crippen molar-refractivity contribution in [1.82, 2.24) is 10.2 Å². The third-order valence-electron chi connectivity index (χ3n) is 5.56. The summed E-state index contributed by atoms with van der Waals surface area (Å²) in [5, 5.41) is 2.62. The Morgan fingerprint density at radius 2 is 1.64 bits per heavy atom. The molecule has 0 aliphatic rings. The second-order valence-electron chi connectivity index (χ2n) is 8.22. The zero-order chi connectivity index (χ0) is 26.3. The number of amides is 2. The van der Waals surface area contributed by atoms with Gasteiger partial charge in [-0.25, -0.2) is 12.8 Å². The number of sulfonamides is 1. The second-order valence-corrected chi connectivity index (χ2v) is 11.0. The van der Waals surface area contributed by atoms with E-state index in [1.165, 1.54) is 30.1 Å². The highest BCUT2D eigenvalue weighted by molar-refractivity contribution is 9.10. The molecule has 1 N–H and O–H groups in total. The molecule has 0 aliphatic carbocycles. The standard InChI is InChI=1S/C26H27BrFN3O4S/c1-29-26(33)24(15-19-7-4-3-5-8-19)30(17-20-11-13-21(27)14-12-20)25(32)18-31(36(2,34)35)23-10-6-9-22(28)16-23/h3-14,16,24H,15,17-18H2,1-2H3,(H,29,33)/t24-/m0/s1. The fourth-order valence-corrected chi connectivity index (χ4v) is 4.86. The van der Waals surface area contributed by atoms with Crippen LogP contribution in [0.25, 0.3) is 0 Å². The monoisotopic (exact) mass is 575 g/mol. The number of nitrogens with one attached hydrogen (secondary N) is 1. The molecule has 190 valence electrons. The zero-order valence-corrected chi connectivity index (χ0v) is 22.3. The van der Waals surface area contributed by atoms with E-state index in [0.29, 0.717) is 0 Å². The summed E-state index contributed by atoms with van der Waals surface area (Å²) in [6.45, 7) is -0.529. The minimum atomic E-state index is -3.94. The summed E-state index contributed by atoms with van der Waals surface area (Å²) in [5.74, 6) is -1.62. The molecule has 0 bridgehead atoms. The first-order valence-corrected chi connectivity index (χ1v) is 13.8. The van der Waals surface area contributed by atoms with E-state index in [1.54, 1.807) is 0 Å². The molecule has 0 heterocycles. The minimum absolute atomic E-state index is 0.0222. The van der Waals surface area contributed by atoms with Crippen molar-refractivity contribution in [3.8, 4) is 0 Å². The number of benzene rings is 3. The molecule has 0 saturated carbocycles. The van der Waals surface area contributed by atoms with Gasteiger partial charge in [0.25, 0.3) is 0 Å². The molecule has 2 amide bonds. The number of hydrogen-bond acceptors (Lipinski definition) is 4. The fraction of sp³-hybridized carbons (Fsp3) is 0.231. The summed E-state index contributed by atoms with van der Waals surface area (Å²) < 4.78 is 40.8. The Bertz CT molecular complexity index is 1300. The maximum Gasteiger partial charge on any atom is 0.244 e. The molecule has 3 aromatic rings. The van der Waals surface area contributed by atoms with E-state index in [-0.39, 0.29) is 24.6 Å². The van der Waals surface area contributed by atoms with Crippen molar-refractivity contribution < 1.29 is 22.4 Å². The molecule has 0 fully saturated rings. The Morgan fingerprint density at radius 1 is 0.972 bits per heavy atom. The Hall–Kier alpha value is -3.24. The smallest absolute Gasteiger partial charge is 0.244 e. The van der Waals surface area contributed by atoms with Gasteiger partial charge in [0.2, 0.25) is 21.8 Å². The lowest BCUT2D eigenvalue weighted by atomic mass is 10.0. The first-order chi connectivity index (χ1) is 17.1. The summed E-state index contributed by atoms with van der Waals surface area (Å²) in [4.78, 5) is 28.1. The number of halogens is 2. The Kier molecular flexibility index (Phi) is 9.22. The number of rotatable bonds is 10. The summed E-state index contributed by atoms with van der Waals surface area (Å²) in [6.07, 6.45) is 1.17. The average molecular weight is 576 g/mol. The highest BCUT2D eigenvalue weighted by Gasteiger charge is 2.32. The topological polar surface area (TPSA) is 86.8 Å². The van der Waals surface area contributed by atoms with Crippen molar-refractivity contribution in [3.05, 3.63) is 100 Å². The van der Waals surface area contributed by atoms with Crippen molar-refractivity contribution in [2.24, 2.45) is 0 Å². The molecule has 36 heavy (non-hydrogen) atoms. The maximum absolute atomic E-state index is 13.9. The largest absolute Gasteiger partial charge is 0.357 e. The zero-order valence-electron chi connectivity index (χ0n) is 19.9. The molecule has 0 aliphatic heterocycles. The first kappa shape index (κ1) is 27.3. The molecular formula is C26H27BrFN3O4S. The molecule has 0 saturated heterocycles. The Labute approximate surface area is 219 Å². The number of likely N-dealkylation sites (N-methyl/N-ethyl adjacent to an activating group) is 1. The molecule has 3 rings (SSSR count). The number of carbonyl (C=O) groups excluding carboxylic acids is 2. The predicted molar refractivity (Wildman–Crippen MR) is 141 cm³/mol. The van der Waals surface area contributed by atoms with Crippen LogP contribution in [0.15, 0.2) is 83.3 Å². The van der Waals surface area contributed by atoms with Crippen LogP contribution >= 0.6 is 15.9 Å².